The van der Waals surface area contributed by atoms with E-state index in [-0.39, 0.29) is 17.1 Å². The first kappa shape index (κ1) is 17.4. The number of halogens is 4. The van der Waals surface area contributed by atoms with Crippen molar-refractivity contribution in [2.24, 2.45) is 0 Å². The molecule has 3 rings (SSSR count). The number of amides is 1. The van der Waals surface area contributed by atoms with Crippen molar-refractivity contribution in [2.75, 3.05) is 10.6 Å². The summed E-state index contributed by atoms with van der Waals surface area (Å²) in [7, 11) is 0. The fourth-order valence-corrected chi connectivity index (χ4v) is 2.11. The quantitative estimate of drug-likeness (QED) is 0.666. The van der Waals surface area contributed by atoms with Crippen molar-refractivity contribution in [3.05, 3.63) is 83.6 Å². The molecule has 8 heteroatoms. The molecule has 1 aromatic heterocycles. The van der Waals surface area contributed by atoms with Gasteiger partial charge in [0.1, 0.15) is 17.5 Å². The van der Waals surface area contributed by atoms with Crippen molar-refractivity contribution in [1.29, 1.82) is 0 Å². The van der Waals surface area contributed by atoms with Gasteiger partial charge in [0.05, 0.1) is 17.6 Å². The van der Waals surface area contributed by atoms with E-state index in [0.717, 1.165) is 30.3 Å². The minimum absolute atomic E-state index is 0.0393. The number of benzene rings is 2. The maximum Gasteiger partial charge on any atom is 0.255 e. The Bertz CT molecular complexity index is 961. The summed E-state index contributed by atoms with van der Waals surface area (Å²) in [6.07, 6.45) is 1.29. The van der Waals surface area contributed by atoms with Crippen LogP contribution in [-0.2, 0) is 0 Å². The maximum absolute atomic E-state index is 13.6. The van der Waals surface area contributed by atoms with Gasteiger partial charge in [-0.25, -0.2) is 22.5 Å². The summed E-state index contributed by atoms with van der Waals surface area (Å²) in [4.78, 5) is 16.0. The molecule has 4 nitrogen and oxygen atoms in total. The third kappa shape index (κ3) is 3.97. The molecule has 2 aromatic carbocycles. The molecule has 0 saturated heterocycles. The Morgan fingerprint density at radius 1 is 0.846 bits per heavy atom. The standard InChI is InChI=1S/C18H11F4N3O/c19-11-2-5-16(15(22)8-11)25-17-6-3-12(9-23-17)24-18(26)10-1-4-13(20)14(21)7-10/h1-9H,(H,23,25)(H,24,26). The maximum atomic E-state index is 13.6. The van der Waals surface area contributed by atoms with Gasteiger partial charge in [-0.2, -0.15) is 0 Å². The van der Waals surface area contributed by atoms with Gasteiger partial charge in [0, 0.05) is 11.6 Å². The second-order valence-electron chi connectivity index (χ2n) is 5.26. The monoisotopic (exact) mass is 361 g/mol. The van der Waals surface area contributed by atoms with Crippen LogP contribution in [0, 0.1) is 23.3 Å². The molecular weight excluding hydrogens is 350 g/mol. The molecule has 26 heavy (non-hydrogen) atoms. The van der Waals surface area contributed by atoms with Gasteiger partial charge in [-0.1, -0.05) is 0 Å². The second-order valence-corrected chi connectivity index (χ2v) is 5.26. The van der Waals surface area contributed by atoms with Crippen LogP contribution in [0.5, 0.6) is 0 Å². The number of carbonyl (C=O) groups excluding carboxylic acids is 1. The van der Waals surface area contributed by atoms with Crippen molar-refractivity contribution in [1.82, 2.24) is 4.98 Å². The minimum Gasteiger partial charge on any atom is -0.338 e. The van der Waals surface area contributed by atoms with E-state index in [1.165, 1.54) is 24.4 Å². The highest BCUT2D eigenvalue weighted by atomic mass is 19.2. The summed E-state index contributed by atoms with van der Waals surface area (Å²) < 4.78 is 52.5. The van der Waals surface area contributed by atoms with Crippen LogP contribution >= 0.6 is 0 Å². The number of carbonyl (C=O) groups is 1. The smallest absolute Gasteiger partial charge is 0.255 e. The fourth-order valence-electron chi connectivity index (χ4n) is 2.11. The number of anilines is 3. The second kappa shape index (κ2) is 7.22. The number of nitrogens with zero attached hydrogens (tertiary/aromatic N) is 1. The van der Waals surface area contributed by atoms with Crippen LogP contribution in [-0.4, -0.2) is 10.9 Å². The summed E-state index contributed by atoms with van der Waals surface area (Å²) >= 11 is 0. The lowest BCUT2D eigenvalue weighted by Gasteiger charge is -2.09. The van der Waals surface area contributed by atoms with Crippen LogP contribution in [0.2, 0.25) is 0 Å². The number of pyridine rings is 1. The molecule has 3 aromatic rings. The number of hydrogen-bond donors (Lipinski definition) is 2. The minimum atomic E-state index is -1.13. The molecule has 2 N–H and O–H groups in total. The van der Waals surface area contributed by atoms with Crippen molar-refractivity contribution >= 4 is 23.1 Å². The topological polar surface area (TPSA) is 54.0 Å². The molecule has 0 saturated carbocycles. The zero-order valence-corrected chi connectivity index (χ0v) is 13.1. The van der Waals surface area contributed by atoms with E-state index in [0.29, 0.717) is 5.69 Å². The van der Waals surface area contributed by atoms with Crippen LogP contribution in [0.4, 0.5) is 34.8 Å². The van der Waals surface area contributed by atoms with Gasteiger partial charge in [-0.15, -0.1) is 0 Å². The molecule has 0 aliphatic rings. The van der Waals surface area contributed by atoms with E-state index in [4.69, 9.17) is 0 Å². The van der Waals surface area contributed by atoms with E-state index < -0.39 is 29.2 Å². The van der Waals surface area contributed by atoms with Crippen molar-refractivity contribution in [2.45, 2.75) is 0 Å². The molecule has 0 spiro atoms. The van der Waals surface area contributed by atoms with Crippen molar-refractivity contribution in [3.8, 4) is 0 Å². The van der Waals surface area contributed by atoms with Crippen molar-refractivity contribution < 1.29 is 22.4 Å². The van der Waals surface area contributed by atoms with Gasteiger partial charge >= 0.3 is 0 Å². The number of rotatable bonds is 4. The van der Waals surface area contributed by atoms with Crippen LogP contribution in [0.1, 0.15) is 10.4 Å². The first-order valence-corrected chi connectivity index (χ1v) is 7.37. The Morgan fingerprint density at radius 3 is 2.31 bits per heavy atom. The molecule has 0 aliphatic heterocycles. The van der Waals surface area contributed by atoms with E-state index in [1.54, 1.807) is 0 Å². The van der Waals surface area contributed by atoms with Crippen LogP contribution in [0.25, 0.3) is 0 Å². The highest BCUT2D eigenvalue weighted by molar-refractivity contribution is 6.04. The van der Waals surface area contributed by atoms with E-state index >= 15 is 0 Å². The molecule has 0 unspecified atom stereocenters. The lowest BCUT2D eigenvalue weighted by molar-refractivity contribution is 0.102. The third-order valence-corrected chi connectivity index (χ3v) is 3.40. The Hall–Kier alpha value is -3.42. The largest absolute Gasteiger partial charge is 0.338 e. The van der Waals surface area contributed by atoms with Gasteiger partial charge < -0.3 is 10.6 Å². The molecule has 1 amide bonds. The molecular formula is C18H11F4N3O. The van der Waals surface area contributed by atoms with Gasteiger partial charge in [0.2, 0.25) is 0 Å². The summed E-state index contributed by atoms with van der Waals surface area (Å²) in [5.41, 5.74) is 0.279. The number of hydrogen-bond acceptors (Lipinski definition) is 3. The molecule has 0 bridgehead atoms. The van der Waals surface area contributed by atoms with Crippen LogP contribution in [0.15, 0.2) is 54.7 Å². The van der Waals surface area contributed by atoms with Gasteiger partial charge in [0.25, 0.3) is 5.91 Å². The van der Waals surface area contributed by atoms with Crippen molar-refractivity contribution in [3.63, 3.8) is 0 Å². The Kier molecular flexibility index (Phi) is 4.83. The highest BCUT2D eigenvalue weighted by Crippen LogP contribution is 2.20. The molecule has 0 fully saturated rings. The summed E-state index contributed by atoms with van der Waals surface area (Å²) in [6, 6.07) is 8.79. The predicted octanol–water partition coefficient (Wildman–Crippen LogP) is 4.63. The summed E-state index contributed by atoms with van der Waals surface area (Å²) in [5, 5.41) is 5.14. The normalized spacial score (nSPS) is 10.5. The van der Waals surface area contributed by atoms with E-state index in [2.05, 4.69) is 15.6 Å². The first-order valence-electron chi connectivity index (χ1n) is 7.37. The predicted molar refractivity (Wildman–Crippen MR) is 88.2 cm³/mol. The van der Waals surface area contributed by atoms with Gasteiger partial charge in [0.15, 0.2) is 11.6 Å². The number of nitrogens with one attached hydrogen (secondary N) is 2. The molecule has 0 radical (unpaired) electrons. The average molecular weight is 361 g/mol. The first-order chi connectivity index (χ1) is 12.4. The Labute approximate surface area is 145 Å². The number of aromatic nitrogens is 1. The molecule has 132 valence electrons. The zero-order chi connectivity index (χ0) is 18.7. The Balaban J connectivity index is 1.69. The zero-order valence-electron chi connectivity index (χ0n) is 13.1. The van der Waals surface area contributed by atoms with Gasteiger partial charge in [-0.05, 0) is 42.5 Å². The Morgan fingerprint density at radius 2 is 1.65 bits per heavy atom. The summed E-state index contributed by atoms with van der Waals surface area (Å²) in [5.74, 6) is -4.03. The highest BCUT2D eigenvalue weighted by Gasteiger charge is 2.10. The lowest BCUT2D eigenvalue weighted by Crippen LogP contribution is -2.12. The lowest BCUT2D eigenvalue weighted by atomic mass is 10.2. The van der Waals surface area contributed by atoms with E-state index in [9.17, 15) is 22.4 Å². The van der Waals surface area contributed by atoms with Gasteiger partial charge in [-0.3, -0.25) is 4.79 Å². The third-order valence-electron chi connectivity index (χ3n) is 3.40. The average Bonchev–Trinajstić information content (AvgIpc) is 2.61. The molecule has 0 aliphatic carbocycles. The summed E-state index contributed by atoms with van der Waals surface area (Å²) in [6.45, 7) is 0. The van der Waals surface area contributed by atoms with E-state index in [1.807, 2.05) is 0 Å². The SMILES string of the molecule is O=C(Nc1ccc(Nc2ccc(F)cc2F)nc1)c1ccc(F)c(F)c1. The van der Waals surface area contributed by atoms with Crippen LogP contribution in [0.3, 0.4) is 0 Å². The van der Waals surface area contributed by atoms with Crippen LogP contribution < -0.4 is 10.6 Å². The molecule has 1 heterocycles. The molecule has 0 atom stereocenters. The fraction of sp³-hybridized carbons (Fsp3) is 0.